The number of anilines is 4. The number of methoxy groups -OCH3 is 3. The number of aromatic nitrogens is 2. The number of nitrogens with zero attached hydrogens (tertiary/aromatic N) is 4. The minimum absolute atomic E-state index is 0.191. The summed E-state index contributed by atoms with van der Waals surface area (Å²) in [5.74, 6) is 3.67. The summed E-state index contributed by atoms with van der Waals surface area (Å²) in [7, 11) is 6.69. The van der Waals surface area contributed by atoms with Gasteiger partial charge in [0.2, 0.25) is 0 Å². The van der Waals surface area contributed by atoms with Crippen LogP contribution in [0.2, 0.25) is 0 Å². The van der Waals surface area contributed by atoms with Crippen molar-refractivity contribution >= 4 is 29.0 Å². The van der Waals surface area contributed by atoms with E-state index in [9.17, 15) is 4.79 Å². The average molecular weight is 795 g/mol. The van der Waals surface area contributed by atoms with Gasteiger partial charge in [-0.3, -0.25) is 9.69 Å². The van der Waals surface area contributed by atoms with Crippen molar-refractivity contribution < 1.29 is 38.0 Å². The van der Waals surface area contributed by atoms with Crippen LogP contribution >= 0.6 is 0 Å². The first-order valence-electron chi connectivity index (χ1n) is 19.0. The predicted molar refractivity (Wildman–Crippen MR) is 224 cm³/mol. The van der Waals surface area contributed by atoms with E-state index < -0.39 is 0 Å². The van der Waals surface area contributed by atoms with Crippen LogP contribution in [0.15, 0.2) is 91.3 Å². The fraction of sp³-hybridized carbons (Fsp3) is 0.341. The minimum Gasteiger partial charge on any atom is -0.496 e. The summed E-state index contributed by atoms with van der Waals surface area (Å²) >= 11 is 0. The highest BCUT2D eigenvalue weighted by molar-refractivity contribution is 5.71. The molecule has 0 amide bonds. The number of benzene rings is 4. The second kappa shape index (κ2) is 22.0. The molecule has 14 nitrogen and oxygen atoms in total. The van der Waals surface area contributed by atoms with E-state index in [0.29, 0.717) is 86.5 Å². The Bertz CT molecular complexity index is 2040. The highest BCUT2D eigenvalue weighted by Crippen LogP contribution is 2.40. The second-order valence-electron chi connectivity index (χ2n) is 13.3. The maximum absolute atomic E-state index is 12.0. The number of likely N-dealkylation sites (N-methyl/N-ethyl adjacent to an activating group) is 1. The molecular formula is C44H54N6O8. The minimum atomic E-state index is -0.262. The summed E-state index contributed by atoms with van der Waals surface area (Å²) in [6, 6.07) is 27.4. The van der Waals surface area contributed by atoms with E-state index in [2.05, 4.69) is 41.5 Å². The Kier molecular flexibility index (Phi) is 16.3. The van der Waals surface area contributed by atoms with Crippen molar-refractivity contribution in [3.63, 3.8) is 0 Å². The monoisotopic (exact) mass is 794 g/mol. The lowest BCUT2D eigenvalue weighted by molar-refractivity contribution is -0.144. The first kappa shape index (κ1) is 43.0. The Morgan fingerprint density at radius 3 is 2.24 bits per heavy atom. The predicted octanol–water partition coefficient (Wildman–Crippen LogP) is 6.82. The van der Waals surface area contributed by atoms with Crippen LogP contribution in [0.4, 0.5) is 23.0 Å². The van der Waals surface area contributed by atoms with Crippen molar-refractivity contribution in [3.05, 3.63) is 114 Å². The van der Waals surface area contributed by atoms with Gasteiger partial charge in [-0.15, -0.1) is 0 Å². The fourth-order valence-electron chi connectivity index (χ4n) is 6.12. The molecule has 0 radical (unpaired) electrons. The van der Waals surface area contributed by atoms with Gasteiger partial charge in [-0.1, -0.05) is 42.0 Å². The maximum atomic E-state index is 12.0. The lowest BCUT2D eigenvalue weighted by atomic mass is 10.1. The number of nitrogens with one attached hydrogen (secondary N) is 1. The van der Waals surface area contributed by atoms with Crippen LogP contribution in [0, 0.1) is 6.92 Å². The van der Waals surface area contributed by atoms with E-state index in [-0.39, 0.29) is 19.1 Å². The van der Waals surface area contributed by atoms with Crippen molar-refractivity contribution in [2.24, 2.45) is 5.73 Å². The number of aryl methyl sites for hydroxylation is 1. The Labute approximate surface area is 340 Å². The standard InChI is InChI=1S/C44H54N6O8/c1-7-56-44(51)28-49(3)26-33-9-8-10-34(21-33)48-42-25-43(47-30-46-42)50(35-15-16-38(52-4)41(22-35)58-18-17-45)27-37-39(53-5)23-36(24-40(37)54-6)57-20-19-55-29-32-13-11-31(2)12-14-32/h8-16,21-25,30H,7,17-20,26-29,45H2,1-6H3,(H,46,47,48). The number of carbonyl (C=O) groups excluding carboxylic acids is 1. The summed E-state index contributed by atoms with van der Waals surface area (Å²) in [5, 5.41) is 3.42. The summed E-state index contributed by atoms with van der Waals surface area (Å²) in [6.45, 7) is 7.10. The molecule has 0 aliphatic heterocycles. The lowest BCUT2D eigenvalue weighted by Gasteiger charge is -2.27. The van der Waals surface area contributed by atoms with Crippen LogP contribution in [0.25, 0.3) is 0 Å². The molecule has 5 aromatic rings. The molecule has 4 aromatic carbocycles. The zero-order valence-corrected chi connectivity index (χ0v) is 34.2. The zero-order chi connectivity index (χ0) is 41.3. The van der Waals surface area contributed by atoms with Gasteiger partial charge in [0.05, 0.1) is 59.8 Å². The average Bonchev–Trinajstić information content (AvgIpc) is 3.22. The number of ether oxygens (including phenoxy) is 7. The molecule has 0 saturated heterocycles. The molecule has 0 bridgehead atoms. The number of nitrogens with two attached hydrogens (primary N) is 1. The van der Waals surface area contributed by atoms with Crippen molar-refractivity contribution in [3.8, 4) is 28.7 Å². The molecule has 3 N–H and O–H groups in total. The summed E-state index contributed by atoms with van der Waals surface area (Å²) in [5.41, 5.74) is 11.4. The van der Waals surface area contributed by atoms with E-state index in [1.807, 2.05) is 77.5 Å². The van der Waals surface area contributed by atoms with Gasteiger partial charge in [0.25, 0.3) is 0 Å². The Balaban J connectivity index is 1.40. The Morgan fingerprint density at radius 1 is 0.776 bits per heavy atom. The van der Waals surface area contributed by atoms with Crippen molar-refractivity contribution in [1.82, 2.24) is 14.9 Å². The van der Waals surface area contributed by atoms with Gasteiger partial charge in [-0.05, 0) is 56.3 Å². The number of esters is 1. The van der Waals surface area contributed by atoms with E-state index in [4.69, 9.17) is 43.9 Å². The van der Waals surface area contributed by atoms with Gasteiger partial charge < -0.3 is 49.1 Å². The van der Waals surface area contributed by atoms with Gasteiger partial charge in [0.15, 0.2) is 11.5 Å². The molecule has 0 unspecified atom stereocenters. The smallest absolute Gasteiger partial charge is 0.320 e. The van der Waals surface area contributed by atoms with Crippen LogP contribution in [0.1, 0.15) is 29.2 Å². The molecule has 0 spiro atoms. The Hall–Kier alpha value is -6.09. The zero-order valence-electron chi connectivity index (χ0n) is 34.2. The first-order chi connectivity index (χ1) is 28.2. The van der Waals surface area contributed by atoms with Gasteiger partial charge in [-0.2, -0.15) is 0 Å². The topological polar surface area (TPSA) is 152 Å². The number of hydrogen-bond acceptors (Lipinski definition) is 14. The molecular weight excluding hydrogens is 741 g/mol. The highest BCUT2D eigenvalue weighted by atomic mass is 16.5. The molecule has 0 atom stereocenters. The SMILES string of the molecule is CCOC(=O)CN(C)Cc1cccc(Nc2cc(N(Cc3c(OC)cc(OCCOCc4ccc(C)cc4)cc3OC)c3ccc(OC)c(OCCN)c3)ncn2)c1. The van der Waals surface area contributed by atoms with Gasteiger partial charge in [0.1, 0.15) is 48.4 Å². The molecule has 0 aliphatic carbocycles. The summed E-state index contributed by atoms with van der Waals surface area (Å²) in [6.07, 6.45) is 1.50. The van der Waals surface area contributed by atoms with Crippen LogP contribution in [0.5, 0.6) is 28.7 Å². The first-order valence-corrected chi connectivity index (χ1v) is 19.0. The number of rotatable bonds is 23. The van der Waals surface area contributed by atoms with Crippen molar-refractivity contribution in [2.45, 2.75) is 33.5 Å². The van der Waals surface area contributed by atoms with Crippen molar-refractivity contribution in [1.29, 1.82) is 0 Å². The molecule has 14 heteroatoms. The molecule has 1 heterocycles. The maximum Gasteiger partial charge on any atom is 0.320 e. The second-order valence-corrected chi connectivity index (χ2v) is 13.3. The Morgan fingerprint density at radius 2 is 1.53 bits per heavy atom. The quantitative estimate of drug-likeness (QED) is 0.0526. The third-order valence-corrected chi connectivity index (χ3v) is 8.90. The third kappa shape index (κ3) is 12.5. The normalized spacial score (nSPS) is 10.9. The molecule has 1 aromatic heterocycles. The van der Waals surface area contributed by atoms with Crippen molar-refractivity contribution in [2.75, 3.05) is 78.1 Å². The van der Waals surface area contributed by atoms with E-state index in [1.165, 1.54) is 11.9 Å². The summed E-state index contributed by atoms with van der Waals surface area (Å²) < 4.78 is 40.5. The van der Waals surface area contributed by atoms with Crippen LogP contribution in [-0.4, -0.2) is 88.7 Å². The van der Waals surface area contributed by atoms with E-state index in [1.54, 1.807) is 28.3 Å². The van der Waals surface area contributed by atoms with E-state index >= 15 is 0 Å². The highest BCUT2D eigenvalue weighted by Gasteiger charge is 2.22. The number of hydrogen-bond donors (Lipinski definition) is 2. The van der Waals surface area contributed by atoms with Gasteiger partial charge in [-0.25, -0.2) is 9.97 Å². The third-order valence-electron chi connectivity index (χ3n) is 8.90. The number of carbonyl (C=O) groups is 1. The molecule has 0 fully saturated rings. The van der Waals surface area contributed by atoms with Crippen LogP contribution in [-0.2, 0) is 34.0 Å². The van der Waals surface area contributed by atoms with Crippen LogP contribution in [0.3, 0.4) is 0 Å². The van der Waals surface area contributed by atoms with Crippen LogP contribution < -0.4 is 39.6 Å². The lowest BCUT2D eigenvalue weighted by Crippen LogP contribution is -2.27. The summed E-state index contributed by atoms with van der Waals surface area (Å²) in [4.78, 5) is 25.2. The molecule has 308 valence electrons. The van der Waals surface area contributed by atoms with Gasteiger partial charge >= 0.3 is 5.97 Å². The van der Waals surface area contributed by atoms with E-state index in [0.717, 1.165) is 28.1 Å². The molecule has 0 aliphatic rings. The largest absolute Gasteiger partial charge is 0.496 e. The molecule has 0 saturated carbocycles. The molecule has 58 heavy (non-hydrogen) atoms. The van der Waals surface area contributed by atoms with Gasteiger partial charge in [0, 0.05) is 48.7 Å². The molecule has 5 rings (SSSR count). The fourth-order valence-corrected chi connectivity index (χ4v) is 6.12.